The molecule has 1 aliphatic carbocycles. The molecule has 0 bridgehead atoms. The predicted octanol–water partition coefficient (Wildman–Crippen LogP) is 3.24. The van der Waals surface area contributed by atoms with Gasteiger partial charge in [0.05, 0.1) is 13.2 Å². The summed E-state index contributed by atoms with van der Waals surface area (Å²) in [6.07, 6.45) is 9.02. The zero-order valence-electron chi connectivity index (χ0n) is 15.2. The Hall–Kier alpha value is -1.26. The molecule has 0 unspecified atom stereocenters. The number of hydrogen-bond donors (Lipinski definition) is 0. The summed E-state index contributed by atoms with van der Waals surface area (Å²) in [7, 11) is 0. The molecule has 0 radical (unpaired) electrons. The van der Waals surface area contributed by atoms with Gasteiger partial charge in [-0.3, -0.25) is 0 Å². The lowest BCUT2D eigenvalue weighted by Crippen LogP contribution is -2.53. The maximum Gasteiger partial charge on any atom is 0.123 e. The van der Waals surface area contributed by atoms with Crippen molar-refractivity contribution in [3.8, 4) is 5.75 Å². The SMILES string of the molecule is c1cc2c(cc1N1CCOCC1)CCC1(CCN(C3CCC3)CC1)O2. The second kappa shape index (κ2) is 6.48. The van der Waals surface area contributed by atoms with Crippen molar-refractivity contribution in [2.75, 3.05) is 44.3 Å². The average molecular weight is 342 g/mol. The van der Waals surface area contributed by atoms with Crippen molar-refractivity contribution in [1.82, 2.24) is 4.90 Å². The quantitative estimate of drug-likeness (QED) is 0.824. The number of benzene rings is 1. The minimum absolute atomic E-state index is 0.105. The molecule has 2 saturated heterocycles. The molecule has 3 heterocycles. The van der Waals surface area contributed by atoms with Gasteiger partial charge in [-0.2, -0.15) is 0 Å². The van der Waals surface area contributed by atoms with Gasteiger partial charge >= 0.3 is 0 Å². The second-order valence-electron chi connectivity index (χ2n) is 8.30. The van der Waals surface area contributed by atoms with E-state index in [0.717, 1.165) is 44.5 Å². The Balaban J connectivity index is 1.27. The topological polar surface area (TPSA) is 24.9 Å². The van der Waals surface area contributed by atoms with Crippen LogP contribution in [0.2, 0.25) is 0 Å². The molecule has 0 aromatic heterocycles. The molecule has 136 valence electrons. The minimum Gasteiger partial charge on any atom is -0.487 e. The molecule has 3 fully saturated rings. The van der Waals surface area contributed by atoms with Crippen LogP contribution in [0, 0.1) is 0 Å². The van der Waals surface area contributed by atoms with Crippen LogP contribution in [-0.2, 0) is 11.2 Å². The minimum atomic E-state index is 0.105. The highest BCUT2D eigenvalue weighted by atomic mass is 16.5. The summed E-state index contributed by atoms with van der Waals surface area (Å²) in [6, 6.07) is 7.70. The van der Waals surface area contributed by atoms with E-state index in [9.17, 15) is 0 Å². The highest BCUT2D eigenvalue weighted by molar-refractivity contribution is 5.54. The molecule has 25 heavy (non-hydrogen) atoms. The summed E-state index contributed by atoms with van der Waals surface area (Å²) >= 11 is 0. The third kappa shape index (κ3) is 3.04. The Morgan fingerprint density at radius 3 is 2.48 bits per heavy atom. The number of piperidine rings is 1. The van der Waals surface area contributed by atoms with Gasteiger partial charge < -0.3 is 19.3 Å². The predicted molar refractivity (Wildman–Crippen MR) is 99.6 cm³/mol. The molecule has 1 aromatic carbocycles. The summed E-state index contributed by atoms with van der Waals surface area (Å²) < 4.78 is 12.1. The molecule has 0 amide bonds. The number of hydrogen-bond acceptors (Lipinski definition) is 4. The van der Waals surface area contributed by atoms with Crippen molar-refractivity contribution >= 4 is 5.69 Å². The van der Waals surface area contributed by atoms with E-state index in [-0.39, 0.29) is 5.60 Å². The van der Waals surface area contributed by atoms with Crippen LogP contribution in [0.3, 0.4) is 0 Å². The third-order valence-corrected chi connectivity index (χ3v) is 6.90. The third-order valence-electron chi connectivity index (χ3n) is 6.90. The number of likely N-dealkylation sites (tertiary alicyclic amines) is 1. The number of morpholine rings is 1. The standard InChI is InChI=1S/C21H30N2O2/c1-2-18(3-1)22-10-8-21(9-11-22)7-6-17-16-19(4-5-20(17)25-21)23-12-14-24-15-13-23/h4-5,16,18H,1-3,6-15H2. The molecule has 5 rings (SSSR count). The lowest BCUT2D eigenvalue weighted by molar-refractivity contribution is -0.0336. The summed E-state index contributed by atoms with van der Waals surface area (Å²) in [6.45, 7) is 6.14. The monoisotopic (exact) mass is 342 g/mol. The Morgan fingerprint density at radius 1 is 0.960 bits per heavy atom. The van der Waals surface area contributed by atoms with Gasteiger partial charge in [0.25, 0.3) is 0 Å². The average Bonchev–Trinajstić information content (AvgIpc) is 2.63. The molecule has 1 saturated carbocycles. The molecule has 4 nitrogen and oxygen atoms in total. The first-order valence-corrected chi connectivity index (χ1v) is 10.2. The highest BCUT2D eigenvalue weighted by Gasteiger charge is 2.41. The Kier molecular flexibility index (Phi) is 4.13. The Labute approximate surface area is 151 Å². The van der Waals surface area contributed by atoms with Gasteiger partial charge in [-0.15, -0.1) is 0 Å². The first-order valence-electron chi connectivity index (χ1n) is 10.2. The van der Waals surface area contributed by atoms with Crippen LogP contribution in [0.25, 0.3) is 0 Å². The summed E-state index contributed by atoms with van der Waals surface area (Å²) in [5.41, 5.74) is 2.84. The second-order valence-corrected chi connectivity index (χ2v) is 8.30. The molecule has 0 N–H and O–H groups in total. The number of nitrogens with zero attached hydrogens (tertiary/aromatic N) is 2. The van der Waals surface area contributed by atoms with E-state index in [0.29, 0.717) is 0 Å². The van der Waals surface area contributed by atoms with Crippen LogP contribution in [-0.4, -0.2) is 55.9 Å². The van der Waals surface area contributed by atoms with Crippen LogP contribution < -0.4 is 9.64 Å². The smallest absolute Gasteiger partial charge is 0.123 e. The number of rotatable bonds is 2. The lowest BCUT2D eigenvalue weighted by atomic mass is 9.81. The van der Waals surface area contributed by atoms with Crippen LogP contribution in [0.4, 0.5) is 5.69 Å². The summed E-state index contributed by atoms with van der Waals surface area (Å²) in [4.78, 5) is 5.15. The molecule has 4 aliphatic rings. The number of anilines is 1. The van der Waals surface area contributed by atoms with Gasteiger partial charge in [0.2, 0.25) is 0 Å². The molecular formula is C21H30N2O2. The van der Waals surface area contributed by atoms with E-state index >= 15 is 0 Å². The van der Waals surface area contributed by atoms with Crippen LogP contribution in [0.1, 0.15) is 44.1 Å². The van der Waals surface area contributed by atoms with Gasteiger partial charge in [0.1, 0.15) is 11.4 Å². The van der Waals surface area contributed by atoms with Gasteiger partial charge in [-0.1, -0.05) is 6.42 Å². The van der Waals surface area contributed by atoms with E-state index < -0.39 is 0 Å². The fourth-order valence-electron chi connectivity index (χ4n) is 4.93. The number of aryl methyl sites for hydroxylation is 1. The Bertz CT molecular complexity index is 614. The molecule has 4 heteroatoms. The maximum absolute atomic E-state index is 6.61. The molecular weight excluding hydrogens is 312 g/mol. The van der Waals surface area contributed by atoms with Crippen molar-refractivity contribution in [2.45, 2.75) is 56.6 Å². The first kappa shape index (κ1) is 16.0. The van der Waals surface area contributed by atoms with E-state index in [1.54, 1.807) is 0 Å². The maximum atomic E-state index is 6.61. The fraction of sp³-hybridized carbons (Fsp3) is 0.714. The van der Waals surface area contributed by atoms with Gasteiger partial charge in [-0.05, 0) is 62.3 Å². The number of ether oxygens (including phenoxy) is 2. The highest BCUT2D eigenvalue weighted by Crippen LogP contribution is 2.41. The van der Waals surface area contributed by atoms with E-state index in [1.165, 1.54) is 62.9 Å². The van der Waals surface area contributed by atoms with Crippen LogP contribution in [0.5, 0.6) is 5.75 Å². The lowest BCUT2D eigenvalue weighted by Gasteiger charge is -2.48. The van der Waals surface area contributed by atoms with Crippen molar-refractivity contribution in [1.29, 1.82) is 0 Å². The zero-order chi connectivity index (χ0) is 16.7. The largest absolute Gasteiger partial charge is 0.487 e. The van der Waals surface area contributed by atoms with Crippen LogP contribution >= 0.6 is 0 Å². The zero-order valence-corrected chi connectivity index (χ0v) is 15.2. The Morgan fingerprint density at radius 2 is 1.76 bits per heavy atom. The van der Waals surface area contributed by atoms with Crippen molar-refractivity contribution in [3.63, 3.8) is 0 Å². The summed E-state index contributed by atoms with van der Waals surface area (Å²) in [5.74, 6) is 1.14. The van der Waals surface area contributed by atoms with Gasteiger partial charge in [-0.25, -0.2) is 0 Å². The van der Waals surface area contributed by atoms with E-state index in [1.807, 2.05) is 0 Å². The summed E-state index contributed by atoms with van der Waals surface area (Å²) in [5, 5.41) is 0. The van der Waals surface area contributed by atoms with E-state index in [2.05, 4.69) is 28.0 Å². The van der Waals surface area contributed by atoms with Crippen molar-refractivity contribution in [2.24, 2.45) is 0 Å². The van der Waals surface area contributed by atoms with Crippen LogP contribution in [0.15, 0.2) is 18.2 Å². The first-order chi connectivity index (χ1) is 12.3. The fourth-order valence-corrected chi connectivity index (χ4v) is 4.93. The van der Waals surface area contributed by atoms with E-state index in [4.69, 9.17) is 9.47 Å². The molecule has 3 aliphatic heterocycles. The molecule has 1 aromatic rings. The van der Waals surface area contributed by atoms with Gasteiger partial charge in [0.15, 0.2) is 0 Å². The normalized spacial score (nSPS) is 26.8. The van der Waals surface area contributed by atoms with Gasteiger partial charge in [0, 0.05) is 37.9 Å². The molecule has 1 spiro atoms. The number of fused-ring (bicyclic) bond motifs is 1. The van der Waals surface area contributed by atoms with Crippen molar-refractivity contribution < 1.29 is 9.47 Å². The molecule has 0 atom stereocenters. The van der Waals surface area contributed by atoms with Crippen molar-refractivity contribution in [3.05, 3.63) is 23.8 Å².